The van der Waals surface area contributed by atoms with Crippen molar-refractivity contribution in [2.24, 2.45) is 0 Å². The van der Waals surface area contributed by atoms with Crippen molar-refractivity contribution < 1.29 is 4.74 Å². The van der Waals surface area contributed by atoms with Gasteiger partial charge in [0, 0.05) is 52.1 Å². The van der Waals surface area contributed by atoms with Crippen LogP contribution in [-0.4, -0.2) is 16.2 Å². The minimum absolute atomic E-state index is 0.00124. The Kier molecular flexibility index (Phi) is 11.5. The van der Waals surface area contributed by atoms with Gasteiger partial charge in [-0.2, -0.15) is 0 Å². The van der Waals surface area contributed by atoms with E-state index in [2.05, 4.69) is 263 Å². The lowest BCUT2D eigenvalue weighted by Gasteiger charge is -2.30. The van der Waals surface area contributed by atoms with Gasteiger partial charge in [-0.1, -0.05) is 170 Å². The first-order valence-corrected chi connectivity index (χ1v) is 24.4. The fourth-order valence-corrected chi connectivity index (χ4v) is 9.44. The van der Waals surface area contributed by atoms with Crippen LogP contribution in [0.25, 0.3) is 33.3 Å². The molecule has 1 aliphatic rings. The number of aromatic nitrogens is 2. The number of hydrogen-bond donors (Lipinski definition) is 0. The summed E-state index contributed by atoms with van der Waals surface area (Å²) in [6.07, 6.45) is 4.29. The van der Waals surface area contributed by atoms with Gasteiger partial charge in [0.05, 0.1) is 23.4 Å². The Morgan fingerprint density at radius 2 is 1.04 bits per heavy atom. The van der Waals surface area contributed by atoms with Gasteiger partial charge in [-0.3, -0.25) is 4.57 Å². The summed E-state index contributed by atoms with van der Waals surface area (Å²) in [6, 6.07) is 53.4. The molecule has 0 radical (unpaired) electrons. The zero-order chi connectivity index (χ0) is 48.6. The Bertz CT molecular complexity index is 3150. The second kappa shape index (κ2) is 16.9. The van der Waals surface area contributed by atoms with Gasteiger partial charge in [-0.05, 0) is 121 Å². The molecule has 2 aromatic heterocycles. The Morgan fingerprint density at radius 1 is 0.441 bits per heavy atom. The molecule has 0 aliphatic carbocycles. The molecular weight excluding hydrogens is 829 g/mol. The van der Waals surface area contributed by atoms with Gasteiger partial charge in [0.2, 0.25) is 0 Å². The van der Waals surface area contributed by atoms with Crippen molar-refractivity contribution in [2.45, 2.75) is 124 Å². The highest BCUT2D eigenvalue weighted by Crippen LogP contribution is 2.43. The maximum Gasteiger partial charge on any atom is 0.137 e. The molecule has 0 saturated carbocycles. The van der Waals surface area contributed by atoms with Crippen LogP contribution in [0.4, 0.5) is 11.4 Å². The molecule has 8 aromatic rings. The van der Waals surface area contributed by atoms with Crippen LogP contribution in [0.3, 0.4) is 0 Å². The third kappa shape index (κ3) is 9.08. The minimum atomic E-state index is -0.227. The lowest BCUT2D eigenvalue weighted by molar-refractivity contribution is 0.479. The predicted molar refractivity (Wildman–Crippen MR) is 289 cm³/mol. The molecule has 9 rings (SSSR count). The van der Waals surface area contributed by atoms with Crippen molar-refractivity contribution in [3.63, 3.8) is 0 Å². The third-order valence-electron chi connectivity index (χ3n) is 14.0. The minimum Gasteiger partial charge on any atom is -0.457 e. The maximum absolute atomic E-state index is 7.09. The second-order valence-corrected chi connectivity index (χ2v) is 23.6. The third-order valence-corrected chi connectivity index (χ3v) is 14.0. The summed E-state index contributed by atoms with van der Waals surface area (Å²) in [5.74, 6) is 2.45. The van der Waals surface area contributed by atoms with Gasteiger partial charge in [0.15, 0.2) is 0 Å². The Morgan fingerprint density at radius 3 is 1.68 bits per heavy atom. The number of rotatable bonds is 8. The summed E-state index contributed by atoms with van der Waals surface area (Å²) in [4.78, 5) is 9.93. The number of hydrogen-bond acceptors (Lipinski definition) is 4. The number of fused-ring (bicyclic) bond motifs is 3. The number of nitrogens with zero attached hydrogens (tertiary/aromatic N) is 4. The molecule has 6 aromatic carbocycles. The summed E-state index contributed by atoms with van der Waals surface area (Å²) < 4.78 is 9.41. The van der Waals surface area contributed by atoms with Crippen molar-refractivity contribution >= 4 is 38.9 Å². The van der Waals surface area contributed by atoms with Gasteiger partial charge in [-0.25, -0.2) is 4.98 Å². The maximum atomic E-state index is 7.09. The van der Waals surface area contributed by atoms with Gasteiger partial charge in [-0.15, -0.1) is 0 Å². The monoisotopic (exact) mass is 899 g/mol. The lowest BCUT2D eigenvalue weighted by Crippen LogP contribution is -2.27. The smallest absolute Gasteiger partial charge is 0.137 e. The van der Waals surface area contributed by atoms with Gasteiger partial charge < -0.3 is 14.5 Å². The van der Waals surface area contributed by atoms with Crippen LogP contribution in [0.5, 0.6) is 11.5 Å². The van der Waals surface area contributed by atoms with E-state index in [0.717, 1.165) is 45.1 Å². The van der Waals surface area contributed by atoms with E-state index in [0.29, 0.717) is 6.67 Å². The SMILES string of the molecule is CC(C)(C)c1cc(Oc2ccc3c4cc(C(C)(C)C)ccc4n(-c4cc(C(C)(C)c5ccccc5)ccn4)c3c2)cc(N2CN(c3cc(C(C)(C)C)cc(C(C)(C)C)c3)C=C2c2ccccc2)c1. The fourth-order valence-electron chi connectivity index (χ4n) is 9.44. The highest BCUT2D eigenvalue weighted by Gasteiger charge is 2.30. The second-order valence-electron chi connectivity index (χ2n) is 23.6. The molecule has 68 heavy (non-hydrogen) atoms. The number of ether oxygens (including phenoxy) is 1. The lowest BCUT2D eigenvalue weighted by atomic mass is 9.78. The van der Waals surface area contributed by atoms with Crippen LogP contribution in [0.15, 0.2) is 158 Å². The summed E-state index contributed by atoms with van der Waals surface area (Å²) in [7, 11) is 0. The number of benzene rings is 6. The standard InChI is InChI=1S/C63H70N4O/c1-59(2,3)44-25-28-55-54(36-44)53-27-26-51(39-56(53)67(55)58-37-45(29-30-64-58)63(13,14)43-23-19-16-20-24-43)68-52-35-48(62(10,11)12)34-50(38-52)66-41-65(40-57(66)42-21-17-15-18-22-42)49-32-46(60(4,5)6)31-47(33-49)61(7,8)9/h15-40H,41H2,1-14H3. The van der Waals surface area contributed by atoms with Gasteiger partial charge in [0.1, 0.15) is 17.3 Å². The van der Waals surface area contributed by atoms with E-state index < -0.39 is 0 Å². The first kappa shape index (κ1) is 46.5. The van der Waals surface area contributed by atoms with E-state index in [1.54, 1.807) is 0 Å². The summed E-state index contributed by atoms with van der Waals surface area (Å²) in [6.45, 7) is 32.8. The van der Waals surface area contributed by atoms with Gasteiger partial charge in [0.25, 0.3) is 0 Å². The normalized spacial score (nSPS) is 14.0. The molecule has 348 valence electrons. The van der Waals surface area contributed by atoms with Crippen molar-refractivity contribution in [1.82, 2.24) is 9.55 Å². The number of anilines is 2. The molecular formula is C63H70N4O. The molecule has 0 fully saturated rings. The molecule has 0 saturated heterocycles. The molecule has 0 atom stereocenters. The first-order chi connectivity index (χ1) is 31.9. The van der Waals surface area contributed by atoms with Crippen LogP contribution in [0, 0.1) is 0 Å². The van der Waals surface area contributed by atoms with E-state index in [4.69, 9.17) is 9.72 Å². The van der Waals surface area contributed by atoms with E-state index in [1.807, 2.05) is 6.20 Å². The molecule has 0 N–H and O–H groups in total. The van der Waals surface area contributed by atoms with E-state index >= 15 is 0 Å². The zero-order valence-corrected chi connectivity index (χ0v) is 42.9. The van der Waals surface area contributed by atoms with Crippen molar-refractivity contribution in [3.8, 4) is 17.3 Å². The van der Waals surface area contributed by atoms with Crippen LogP contribution in [0.1, 0.15) is 136 Å². The average Bonchev–Trinajstić information content (AvgIpc) is 3.88. The van der Waals surface area contributed by atoms with Crippen molar-refractivity contribution in [3.05, 3.63) is 197 Å². The van der Waals surface area contributed by atoms with Crippen LogP contribution in [0.2, 0.25) is 0 Å². The molecule has 0 bridgehead atoms. The molecule has 5 nitrogen and oxygen atoms in total. The Labute approximate surface area is 406 Å². The highest BCUT2D eigenvalue weighted by atomic mass is 16.5. The molecule has 5 heteroatoms. The quantitative estimate of drug-likeness (QED) is 0.152. The summed E-state index contributed by atoms with van der Waals surface area (Å²) >= 11 is 0. The molecule has 0 amide bonds. The van der Waals surface area contributed by atoms with E-state index in [1.165, 1.54) is 50.0 Å². The molecule has 0 spiro atoms. The predicted octanol–water partition coefficient (Wildman–Crippen LogP) is 16.8. The van der Waals surface area contributed by atoms with Crippen molar-refractivity contribution in [1.29, 1.82) is 0 Å². The topological polar surface area (TPSA) is 33.5 Å². The Hall–Kier alpha value is -6.59. The van der Waals surface area contributed by atoms with Crippen molar-refractivity contribution in [2.75, 3.05) is 16.5 Å². The highest BCUT2D eigenvalue weighted by molar-refractivity contribution is 6.10. The summed E-state index contributed by atoms with van der Waals surface area (Å²) in [5.41, 5.74) is 14.0. The fraction of sp³-hybridized carbons (Fsp3) is 0.317. The van der Waals surface area contributed by atoms with Gasteiger partial charge >= 0.3 is 0 Å². The summed E-state index contributed by atoms with van der Waals surface area (Å²) in [5, 5.41) is 2.36. The number of pyridine rings is 1. The van der Waals surface area contributed by atoms with E-state index in [9.17, 15) is 0 Å². The Balaban J connectivity index is 1.16. The van der Waals surface area contributed by atoms with E-state index in [-0.39, 0.29) is 27.1 Å². The van der Waals surface area contributed by atoms with Crippen LogP contribution >= 0.6 is 0 Å². The first-order valence-electron chi connectivity index (χ1n) is 24.4. The molecule has 0 unspecified atom stereocenters. The zero-order valence-electron chi connectivity index (χ0n) is 42.9. The molecule has 1 aliphatic heterocycles. The molecule has 3 heterocycles. The van der Waals surface area contributed by atoms with Crippen LogP contribution in [-0.2, 0) is 27.1 Å². The average molecular weight is 899 g/mol. The van der Waals surface area contributed by atoms with Crippen LogP contribution < -0.4 is 14.5 Å². The largest absolute Gasteiger partial charge is 0.457 e.